The molecule has 2 N–H and O–H groups in total. The summed E-state index contributed by atoms with van der Waals surface area (Å²) in [6.07, 6.45) is -2.91. The van der Waals surface area contributed by atoms with Crippen LogP contribution >= 0.6 is 11.8 Å². The molecular weight excluding hydrogens is 431 g/mol. The SMILES string of the molecule is CCc1nc2n(n1)C(=O)C(C(c1cccc(C(F)(F)F)c1)N1CCC(C(N)=O)CC1)S2. The molecule has 7 nitrogen and oxygen atoms in total. The summed E-state index contributed by atoms with van der Waals surface area (Å²) >= 11 is 1.22. The molecule has 2 atom stereocenters. The molecule has 166 valence electrons. The molecule has 31 heavy (non-hydrogen) atoms. The van der Waals surface area contributed by atoms with Crippen LogP contribution < -0.4 is 5.73 Å². The van der Waals surface area contributed by atoms with Crippen molar-refractivity contribution in [2.24, 2.45) is 11.7 Å². The standard InChI is InChI=1S/C20H22F3N5O2S/c1-2-14-25-19-28(26-14)18(30)16(31-19)15(27-8-6-11(7-9-27)17(24)29)12-4-3-5-13(10-12)20(21,22)23/h3-5,10-11,15-16H,2,6-9H2,1H3,(H2,24,29). The highest BCUT2D eigenvalue weighted by Crippen LogP contribution is 2.43. The first-order chi connectivity index (χ1) is 14.7. The zero-order chi connectivity index (χ0) is 22.3. The maximum Gasteiger partial charge on any atom is 0.416 e. The van der Waals surface area contributed by atoms with E-state index in [9.17, 15) is 22.8 Å². The second-order valence-corrected chi connectivity index (χ2v) is 8.84. The van der Waals surface area contributed by atoms with Crippen molar-refractivity contribution in [2.45, 2.75) is 48.8 Å². The first-order valence-corrected chi connectivity index (χ1v) is 10.9. The second kappa shape index (κ2) is 8.27. The molecule has 1 aromatic heterocycles. The van der Waals surface area contributed by atoms with Crippen LogP contribution in [0.5, 0.6) is 0 Å². The number of piperidine rings is 1. The lowest BCUT2D eigenvalue weighted by molar-refractivity contribution is -0.137. The monoisotopic (exact) mass is 453 g/mol. The molecule has 1 fully saturated rings. The molecule has 2 aliphatic rings. The number of carbonyl (C=O) groups excluding carboxylic acids is 2. The van der Waals surface area contributed by atoms with Gasteiger partial charge in [-0.05, 0) is 43.6 Å². The van der Waals surface area contributed by atoms with Crippen LogP contribution in [-0.2, 0) is 17.4 Å². The Hall–Kier alpha value is -2.40. The minimum atomic E-state index is -4.49. The van der Waals surface area contributed by atoms with E-state index < -0.39 is 23.0 Å². The number of hydrogen-bond donors (Lipinski definition) is 1. The number of benzene rings is 1. The molecule has 2 unspecified atom stereocenters. The van der Waals surface area contributed by atoms with Crippen LogP contribution in [0.15, 0.2) is 29.4 Å². The molecule has 1 aromatic carbocycles. The largest absolute Gasteiger partial charge is 0.416 e. The van der Waals surface area contributed by atoms with Gasteiger partial charge in [-0.15, -0.1) is 5.10 Å². The van der Waals surface area contributed by atoms with Gasteiger partial charge in [-0.2, -0.15) is 17.9 Å². The van der Waals surface area contributed by atoms with E-state index in [1.54, 1.807) is 6.07 Å². The van der Waals surface area contributed by atoms with Crippen LogP contribution in [0.3, 0.4) is 0 Å². The number of thioether (sulfide) groups is 1. The van der Waals surface area contributed by atoms with E-state index in [0.29, 0.717) is 48.9 Å². The zero-order valence-electron chi connectivity index (χ0n) is 16.8. The van der Waals surface area contributed by atoms with Crippen molar-refractivity contribution < 1.29 is 22.8 Å². The Morgan fingerprint density at radius 2 is 2.03 bits per heavy atom. The van der Waals surface area contributed by atoms with Gasteiger partial charge in [0.15, 0.2) is 11.0 Å². The van der Waals surface area contributed by atoms with Gasteiger partial charge < -0.3 is 5.73 Å². The topological polar surface area (TPSA) is 94.1 Å². The average Bonchev–Trinajstić information content (AvgIpc) is 3.27. The number of carbonyl (C=O) groups is 2. The van der Waals surface area contributed by atoms with Crippen LogP contribution in [-0.4, -0.2) is 49.8 Å². The van der Waals surface area contributed by atoms with Gasteiger partial charge in [0.25, 0.3) is 5.91 Å². The van der Waals surface area contributed by atoms with Crippen molar-refractivity contribution in [1.82, 2.24) is 19.7 Å². The molecular formula is C20H22F3N5O2S. The molecule has 2 aliphatic heterocycles. The lowest BCUT2D eigenvalue weighted by Crippen LogP contribution is -2.45. The Kier molecular flexibility index (Phi) is 5.82. The molecule has 11 heteroatoms. The van der Waals surface area contributed by atoms with Crippen LogP contribution in [0.2, 0.25) is 0 Å². The van der Waals surface area contributed by atoms with Crippen LogP contribution in [0.4, 0.5) is 13.2 Å². The quantitative estimate of drug-likeness (QED) is 0.748. The number of aromatic nitrogens is 3. The summed E-state index contributed by atoms with van der Waals surface area (Å²) in [6.45, 7) is 2.79. The molecule has 1 saturated heterocycles. The molecule has 1 amide bonds. The van der Waals surface area contributed by atoms with Gasteiger partial charge in [-0.25, -0.2) is 4.98 Å². The number of fused-ring (bicyclic) bond motifs is 1. The van der Waals surface area contributed by atoms with Crippen molar-refractivity contribution in [1.29, 1.82) is 0 Å². The van der Waals surface area contributed by atoms with E-state index in [1.807, 2.05) is 11.8 Å². The van der Waals surface area contributed by atoms with Gasteiger partial charge in [0.2, 0.25) is 5.91 Å². The summed E-state index contributed by atoms with van der Waals surface area (Å²) in [5.74, 6) is -0.397. The van der Waals surface area contributed by atoms with Gasteiger partial charge in [0.05, 0.1) is 11.6 Å². The number of hydrogen-bond acceptors (Lipinski definition) is 6. The predicted octanol–water partition coefficient (Wildman–Crippen LogP) is 2.91. The number of amides is 1. The molecule has 0 spiro atoms. The average molecular weight is 453 g/mol. The fraction of sp³-hybridized carbons (Fsp3) is 0.500. The summed E-state index contributed by atoms with van der Waals surface area (Å²) in [7, 11) is 0. The lowest BCUT2D eigenvalue weighted by atomic mass is 9.92. The summed E-state index contributed by atoms with van der Waals surface area (Å²) in [5, 5.41) is 4.00. The number of likely N-dealkylation sites (tertiary alicyclic amines) is 1. The number of aryl methyl sites for hydroxylation is 1. The summed E-state index contributed by atoms with van der Waals surface area (Å²) in [5.41, 5.74) is 5.06. The fourth-order valence-corrected chi connectivity index (χ4v) is 5.40. The third-order valence-corrected chi connectivity index (χ3v) is 6.98. The van der Waals surface area contributed by atoms with Crippen LogP contribution in [0.1, 0.15) is 47.6 Å². The molecule has 3 heterocycles. The minimum Gasteiger partial charge on any atom is -0.369 e. The molecule has 2 aromatic rings. The Labute approximate surface area is 181 Å². The number of alkyl halides is 3. The van der Waals surface area contributed by atoms with Crippen LogP contribution in [0, 0.1) is 5.92 Å². The lowest BCUT2D eigenvalue weighted by Gasteiger charge is -2.39. The predicted molar refractivity (Wildman–Crippen MR) is 107 cm³/mol. The number of halogens is 3. The molecule has 0 radical (unpaired) electrons. The maximum absolute atomic E-state index is 13.4. The molecule has 0 saturated carbocycles. The highest BCUT2D eigenvalue weighted by Gasteiger charge is 2.44. The number of nitrogens with zero attached hydrogens (tertiary/aromatic N) is 4. The van der Waals surface area contributed by atoms with E-state index in [4.69, 9.17) is 5.73 Å². The van der Waals surface area contributed by atoms with Crippen molar-refractivity contribution in [3.05, 3.63) is 41.2 Å². The van der Waals surface area contributed by atoms with Crippen LogP contribution in [0.25, 0.3) is 0 Å². The van der Waals surface area contributed by atoms with Crippen molar-refractivity contribution in [3.63, 3.8) is 0 Å². The number of primary amides is 1. The first kappa shape index (κ1) is 21.8. The van der Waals surface area contributed by atoms with Gasteiger partial charge >= 0.3 is 6.18 Å². The second-order valence-electron chi connectivity index (χ2n) is 7.73. The minimum absolute atomic E-state index is 0.269. The normalized spacial score (nSPS) is 21.3. The third kappa shape index (κ3) is 4.20. The summed E-state index contributed by atoms with van der Waals surface area (Å²) in [4.78, 5) is 31.0. The van der Waals surface area contributed by atoms with Gasteiger partial charge in [0, 0.05) is 12.3 Å². The van der Waals surface area contributed by atoms with E-state index in [2.05, 4.69) is 10.1 Å². The highest BCUT2D eigenvalue weighted by atomic mass is 32.2. The molecule has 0 aliphatic carbocycles. The Bertz CT molecular complexity index is 1000. The van der Waals surface area contributed by atoms with Crippen molar-refractivity contribution in [3.8, 4) is 0 Å². The third-order valence-electron chi connectivity index (χ3n) is 5.79. The van der Waals surface area contributed by atoms with Gasteiger partial charge in [0.1, 0.15) is 5.25 Å². The number of rotatable bonds is 5. The highest BCUT2D eigenvalue weighted by molar-refractivity contribution is 8.00. The summed E-state index contributed by atoms with van der Waals surface area (Å²) < 4.78 is 41.3. The number of nitrogens with two attached hydrogens (primary N) is 1. The summed E-state index contributed by atoms with van der Waals surface area (Å²) in [6, 6.07) is 4.48. The fourth-order valence-electron chi connectivity index (χ4n) is 4.13. The van der Waals surface area contributed by atoms with E-state index in [-0.39, 0.29) is 17.7 Å². The van der Waals surface area contributed by atoms with Crippen molar-refractivity contribution >= 4 is 23.6 Å². The molecule has 4 rings (SSSR count). The smallest absolute Gasteiger partial charge is 0.369 e. The first-order valence-electron chi connectivity index (χ1n) is 10.1. The van der Waals surface area contributed by atoms with E-state index in [1.165, 1.54) is 22.5 Å². The van der Waals surface area contributed by atoms with E-state index >= 15 is 0 Å². The van der Waals surface area contributed by atoms with Gasteiger partial charge in [-0.3, -0.25) is 14.5 Å². The Morgan fingerprint density at radius 1 is 1.32 bits per heavy atom. The van der Waals surface area contributed by atoms with Gasteiger partial charge in [-0.1, -0.05) is 30.8 Å². The maximum atomic E-state index is 13.4. The molecule has 0 bridgehead atoms. The van der Waals surface area contributed by atoms with E-state index in [0.717, 1.165) is 12.1 Å². The van der Waals surface area contributed by atoms with Crippen molar-refractivity contribution in [2.75, 3.05) is 13.1 Å². The zero-order valence-corrected chi connectivity index (χ0v) is 17.6. The Morgan fingerprint density at radius 3 is 2.61 bits per heavy atom. The Balaban J connectivity index is 1.68.